The SMILES string of the molecule is Cc1cc(F)cc2c3c([nH]c12)CCN(c1ccccc1)C3. The average molecular weight is 280 g/mol. The minimum atomic E-state index is -0.154. The van der Waals surface area contributed by atoms with E-state index >= 15 is 0 Å². The Labute approximate surface area is 123 Å². The fourth-order valence-corrected chi connectivity index (χ4v) is 3.31. The quantitative estimate of drug-likeness (QED) is 0.708. The zero-order valence-corrected chi connectivity index (χ0v) is 12.0. The van der Waals surface area contributed by atoms with Crippen LogP contribution in [0, 0.1) is 12.7 Å². The molecule has 0 bridgehead atoms. The lowest BCUT2D eigenvalue weighted by Gasteiger charge is -2.29. The van der Waals surface area contributed by atoms with Crippen LogP contribution in [0.15, 0.2) is 42.5 Å². The van der Waals surface area contributed by atoms with Gasteiger partial charge in [0.15, 0.2) is 0 Å². The summed E-state index contributed by atoms with van der Waals surface area (Å²) in [6.07, 6.45) is 0.972. The van der Waals surface area contributed by atoms with Gasteiger partial charge in [-0.15, -0.1) is 0 Å². The summed E-state index contributed by atoms with van der Waals surface area (Å²) in [4.78, 5) is 5.85. The van der Waals surface area contributed by atoms with Gasteiger partial charge >= 0.3 is 0 Å². The number of anilines is 1. The molecule has 1 aliphatic heterocycles. The van der Waals surface area contributed by atoms with Crippen LogP contribution in [0.4, 0.5) is 10.1 Å². The molecule has 1 aromatic heterocycles. The normalized spacial score (nSPS) is 14.5. The van der Waals surface area contributed by atoms with E-state index in [-0.39, 0.29) is 5.82 Å². The standard InChI is InChI=1S/C18H17FN2/c1-12-9-13(19)10-15-16-11-21(14-5-3-2-4-6-14)8-7-17(16)20-18(12)15/h2-6,9-10,20H,7-8,11H2,1H3. The molecule has 3 heteroatoms. The lowest BCUT2D eigenvalue weighted by atomic mass is 10.0. The number of para-hydroxylation sites is 1. The molecule has 0 radical (unpaired) electrons. The molecule has 0 saturated carbocycles. The third-order valence-corrected chi connectivity index (χ3v) is 4.37. The second-order valence-electron chi connectivity index (χ2n) is 5.73. The van der Waals surface area contributed by atoms with E-state index < -0.39 is 0 Å². The molecule has 106 valence electrons. The van der Waals surface area contributed by atoms with Crippen molar-refractivity contribution in [1.82, 2.24) is 4.98 Å². The Balaban J connectivity index is 1.81. The van der Waals surface area contributed by atoms with E-state index in [0.717, 1.165) is 36.0 Å². The zero-order chi connectivity index (χ0) is 14.4. The van der Waals surface area contributed by atoms with E-state index in [9.17, 15) is 4.39 Å². The summed E-state index contributed by atoms with van der Waals surface area (Å²) in [7, 11) is 0. The van der Waals surface area contributed by atoms with Crippen molar-refractivity contribution in [2.45, 2.75) is 19.9 Å². The Hall–Kier alpha value is -2.29. The van der Waals surface area contributed by atoms with Crippen LogP contribution >= 0.6 is 0 Å². The van der Waals surface area contributed by atoms with E-state index in [1.54, 1.807) is 12.1 Å². The first kappa shape index (κ1) is 12.5. The Kier molecular flexibility index (Phi) is 2.74. The Morgan fingerprint density at radius 3 is 2.76 bits per heavy atom. The maximum absolute atomic E-state index is 13.7. The van der Waals surface area contributed by atoms with Crippen LogP contribution in [0.2, 0.25) is 0 Å². The molecule has 0 spiro atoms. The molecule has 1 aliphatic rings. The van der Waals surface area contributed by atoms with Crippen molar-refractivity contribution in [3.63, 3.8) is 0 Å². The average Bonchev–Trinajstić information content (AvgIpc) is 2.86. The number of nitrogens with zero attached hydrogens (tertiary/aromatic N) is 1. The van der Waals surface area contributed by atoms with Crippen molar-refractivity contribution < 1.29 is 4.39 Å². The summed E-state index contributed by atoms with van der Waals surface area (Å²) in [6, 6.07) is 13.7. The van der Waals surface area contributed by atoms with Gasteiger partial charge in [-0.1, -0.05) is 18.2 Å². The number of aromatic nitrogens is 1. The van der Waals surface area contributed by atoms with Crippen molar-refractivity contribution in [2.75, 3.05) is 11.4 Å². The second-order valence-corrected chi connectivity index (χ2v) is 5.73. The molecule has 0 aliphatic carbocycles. The van der Waals surface area contributed by atoms with Gasteiger partial charge in [-0.2, -0.15) is 0 Å². The summed E-state index contributed by atoms with van der Waals surface area (Å²) in [5.41, 5.74) is 5.78. The first-order valence-electron chi connectivity index (χ1n) is 7.32. The van der Waals surface area contributed by atoms with Crippen molar-refractivity contribution in [2.24, 2.45) is 0 Å². The van der Waals surface area contributed by atoms with Gasteiger partial charge in [-0.05, 0) is 36.8 Å². The highest BCUT2D eigenvalue weighted by atomic mass is 19.1. The zero-order valence-electron chi connectivity index (χ0n) is 12.0. The minimum Gasteiger partial charge on any atom is -0.367 e. The lowest BCUT2D eigenvalue weighted by molar-refractivity contribution is 0.628. The first-order valence-corrected chi connectivity index (χ1v) is 7.32. The van der Waals surface area contributed by atoms with Crippen LogP contribution in [0.5, 0.6) is 0 Å². The number of rotatable bonds is 1. The third-order valence-electron chi connectivity index (χ3n) is 4.37. The molecule has 21 heavy (non-hydrogen) atoms. The van der Waals surface area contributed by atoms with Gasteiger partial charge in [0.1, 0.15) is 5.82 Å². The number of halogens is 1. The Bertz CT molecular complexity index is 805. The fourth-order valence-electron chi connectivity index (χ4n) is 3.31. The van der Waals surface area contributed by atoms with Gasteiger partial charge in [0, 0.05) is 47.4 Å². The van der Waals surface area contributed by atoms with Crippen molar-refractivity contribution in [1.29, 1.82) is 0 Å². The molecule has 0 unspecified atom stereocenters. The van der Waals surface area contributed by atoms with Gasteiger partial charge in [0.25, 0.3) is 0 Å². The van der Waals surface area contributed by atoms with Gasteiger partial charge in [-0.25, -0.2) is 4.39 Å². The summed E-state index contributed by atoms with van der Waals surface area (Å²) in [5.74, 6) is -0.154. The van der Waals surface area contributed by atoms with Crippen LogP contribution in [0.1, 0.15) is 16.8 Å². The Morgan fingerprint density at radius 1 is 1.14 bits per heavy atom. The summed E-state index contributed by atoms with van der Waals surface area (Å²) in [5, 5.41) is 1.03. The number of hydrogen-bond acceptors (Lipinski definition) is 1. The molecule has 0 saturated heterocycles. The highest BCUT2D eigenvalue weighted by molar-refractivity contribution is 5.88. The second kappa shape index (κ2) is 4.62. The van der Waals surface area contributed by atoms with E-state index in [4.69, 9.17) is 0 Å². The number of aromatic amines is 1. The summed E-state index contributed by atoms with van der Waals surface area (Å²) < 4.78 is 13.7. The molecule has 4 rings (SSSR count). The molecule has 0 amide bonds. The van der Waals surface area contributed by atoms with Crippen LogP contribution < -0.4 is 4.90 Å². The van der Waals surface area contributed by atoms with Crippen molar-refractivity contribution >= 4 is 16.6 Å². The molecule has 2 heterocycles. The van der Waals surface area contributed by atoms with Gasteiger partial charge < -0.3 is 9.88 Å². The summed E-state index contributed by atoms with van der Waals surface area (Å²) in [6.45, 7) is 3.79. The number of nitrogens with one attached hydrogen (secondary N) is 1. The number of fused-ring (bicyclic) bond motifs is 3. The largest absolute Gasteiger partial charge is 0.367 e. The first-order chi connectivity index (χ1) is 10.2. The highest BCUT2D eigenvalue weighted by Gasteiger charge is 2.21. The minimum absolute atomic E-state index is 0.154. The van der Waals surface area contributed by atoms with Crippen LogP contribution in [-0.2, 0) is 13.0 Å². The van der Waals surface area contributed by atoms with Crippen LogP contribution in [-0.4, -0.2) is 11.5 Å². The molecule has 0 fully saturated rings. The lowest BCUT2D eigenvalue weighted by Crippen LogP contribution is -2.29. The molecule has 3 aromatic rings. The number of hydrogen-bond donors (Lipinski definition) is 1. The van der Waals surface area contributed by atoms with Crippen LogP contribution in [0.3, 0.4) is 0 Å². The van der Waals surface area contributed by atoms with E-state index in [2.05, 4.69) is 34.1 Å². The molecule has 2 aromatic carbocycles. The number of H-pyrrole nitrogens is 1. The Morgan fingerprint density at radius 2 is 1.95 bits per heavy atom. The fraction of sp³-hybridized carbons (Fsp3) is 0.222. The molecule has 1 N–H and O–H groups in total. The van der Waals surface area contributed by atoms with Crippen LogP contribution in [0.25, 0.3) is 10.9 Å². The predicted octanol–water partition coefficient (Wildman–Crippen LogP) is 4.18. The van der Waals surface area contributed by atoms with E-state index in [1.807, 2.05) is 13.0 Å². The van der Waals surface area contributed by atoms with E-state index in [1.165, 1.54) is 16.9 Å². The monoisotopic (exact) mass is 280 g/mol. The number of aryl methyl sites for hydroxylation is 1. The van der Waals surface area contributed by atoms with Gasteiger partial charge in [0.2, 0.25) is 0 Å². The maximum Gasteiger partial charge on any atom is 0.124 e. The molecular formula is C18H17FN2. The molecule has 2 nitrogen and oxygen atoms in total. The smallest absolute Gasteiger partial charge is 0.124 e. The maximum atomic E-state index is 13.7. The number of benzene rings is 2. The van der Waals surface area contributed by atoms with Gasteiger partial charge in [0.05, 0.1) is 0 Å². The highest BCUT2D eigenvalue weighted by Crippen LogP contribution is 2.32. The predicted molar refractivity (Wildman–Crippen MR) is 84.2 cm³/mol. The molecule has 0 atom stereocenters. The van der Waals surface area contributed by atoms with Crippen molar-refractivity contribution in [3.05, 3.63) is 65.1 Å². The van der Waals surface area contributed by atoms with E-state index in [0.29, 0.717) is 0 Å². The topological polar surface area (TPSA) is 19.0 Å². The van der Waals surface area contributed by atoms with Crippen molar-refractivity contribution in [3.8, 4) is 0 Å². The summed E-state index contributed by atoms with van der Waals surface area (Å²) >= 11 is 0. The molecular weight excluding hydrogens is 263 g/mol. The van der Waals surface area contributed by atoms with Gasteiger partial charge in [-0.3, -0.25) is 0 Å². The third kappa shape index (κ3) is 2.00.